The number of phenols is 1. The van der Waals surface area contributed by atoms with Gasteiger partial charge in [0.05, 0.1) is 6.10 Å². The van der Waals surface area contributed by atoms with Gasteiger partial charge in [-0.1, -0.05) is 109 Å². The Labute approximate surface area is 181 Å². The zero-order valence-corrected chi connectivity index (χ0v) is 19.6. The Hall–Kier alpha value is -1.02. The number of phenolic OH excluding ortho intramolecular Hbond substituents is 1. The maximum Gasteiger partial charge on any atom is 0.118 e. The van der Waals surface area contributed by atoms with E-state index in [0.717, 1.165) is 30.9 Å². The molecule has 0 spiro atoms. The summed E-state index contributed by atoms with van der Waals surface area (Å²) in [5.74, 6) is 1.21. The van der Waals surface area contributed by atoms with Gasteiger partial charge in [-0.25, -0.2) is 0 Å². The van der Waals surface area contributed by atoms with E-state index in [0.29, 0.717) is 11.9 Å². The van der Waals surface area contributed by atoms with Crippen LogP contribution < -0.4 is 0 Å². The number of unbranched alkanes of at least 4 members (excludes halogenated alkanes) is 8. The maximum absolute atomic E-state index is 10.1. The number of rotatable bonds is 19. The van der Waals surface area contributed by atoms with Crippen molar-refractivity contribution in [2.75, 3.05) is 6.61 Å². The third-order valence-electron chi connectivity index (χ3n) is 6.16. The molecule has 0 aromatic heterocycles. The van der Waals surface area contributed by atoms with E-state index < -0.39 is 0 Å². The summed E-state index contributed by atoms with van der Waals surface area (Å²) in [6, 6.07) is 7.73. The number of hydrogen-bond donors (Lipinski definition) is 1. The lowest BCUT2D eigenvalue weighted by atomic mass is 9.88. The summed E-state index contributed by atoms with van der Waals surface area (Å²) in [4.78, 5) is 0. The van der Waals surface area contributed by atoms with Crippen LogP contribution in [0.4, 0.5) is 0 Å². The molecular weight excluding hydrogens is 356 g/mol. The molecule has 2 heteroatoms. The first-order valence-corrected chi connectivity index (χ1v) is 12.6. The summed E-state index contributed by atoms with van der Waals surface area (Å²) < 4.78 is 6.13. The Morgan fingerprint density at radius 1 is 0.759 bits per heavy atom. The van der Waals surface area contributed by atoms with E-state index in [2.05, 4.69) is 20.8 Å². The van der Waals surface area contributed by atoms with Gasteiger partial charge in [-0.2, -0.15) is 0 Å². The quantitative estimate of drug-likeness (QED) is 0.234. The van der Waals surface area contributed by atoms with E-state index in [1.807, 2.05) is 18.2 Å². The summed E-state index contributed by atoms with van der Waals surface area (Å²) in [5.41, 5.74) is 1.05. The predicted octanol–water partition coefficient (Wildman–Crippen LogP) is 8.46. The van der Waals surface area contributed by atoms with Crippen LogP contribution in [0.25, 0.3) is 0 Å². The predicted molar refractivity (Wildman–Crippen MR) is 127 cm³/mol. The molecule has 0 heterocycles. The first-order chi connectivity index (χ1) is 14.2. The van der Waals surface area contributed by atoms with Crippen LogP contribution in [-0.4, -0.2) is 17.8 Å². The van der Waals surface area contributed by atoms with Crippen LogP contribution in [0, 0.1) is 5.92 Å². The lowest BCUT2D eigenvalue weighted by Crippen LogP contribution is -2.19. The molecule has 0 aliphatic carbocycles. The zero-order chi connectivity index (χ0) is 21.2. The van der Waals surface area contributed by atoms with Gasteiger partial charge in [-0.3, -0.25) is 0 Å². The van der Waals surface area contributed by atoms with Crippen LogP contribution in [0.1, 0.15) is 116 Å². The topological polar surface area (TPSA) is 29.5 Å². The Morgan fingerprint density at radius 2 is 1.34 bits per heavy atom. The van der Waals surface area contributed by atoms with Crippen molar-refractivity contribution >= 4 is 0 Å². The number of benzene rings is 1. The highest BCUT2D eigenvalue weighted by Gasteiger charge is 2.17. The maximum atomic E-state index is 10.1. The van der Waals surface area contributed by atoms with Gasteiger partial charge in [-0.15, -0.1) is 0 Å². The highest BCUT2D eigenvalue weighted by molar-refractivity contribution is 5.31. The third-order valence-corrected chi connectivity index (χ3v) is 6.16. The van der Waals surface area contributed by atoms with Gasteiger partial charge in [-0.05, 0) is 43.7 Å². The fraction of sp³-hybridized carbons (Fsp3) is 0.778. The normalized spacial score (nSPS) is 13.5. The third kappa shape index (κ3) is 13.0. The largest absolute Gasteiger partial charge is 0.508 e. The fourth-order valence-corrected chi connectivity index (χ4v) is 4.37. The van der Waals surface area contributed by atoms with Crippen molar-refractivity contribution in [1.29, 1.82) is 0 Å². The van der Waals surface area contributed by atoms with E-state index >= 15 is 0 Å². The van der Waals surface area contributed by atoms with Gasteiger partial charge in [0.2, 0.25) is 0 Å². The van der Waals surface area contributed by atoms with Crippen molar-refractivity contribution in [2.24, 2.45) is 5.92 Å². The molecule has 1 aromatic rings. The number of aromatic hydroxyl groups is 1. The van der Waals surface area contributed by atoms with Crippen LogP contribution in [0.2, 0.25) is 0 Å². The Kier molecular flexibility index (Phi) is 16.0. The molecule has 2 nitrogen and oxygen atoms in total. The van der Waals surface area contributed by atoms with Gasteiger partial charge in [0.15, 0.2) is 0 Å². The molecule has 168 valence electrons. The second-order valence-electron chi connectivity index (χ2n) is 8.75. The molecular formula is C27H48O2. The Balaban J connectivity index is 2.46. The smallest absolute Gasteiger partial charge is 0.118 e. The van der Waals surface area contributed by atoms with Gasteiger partial charge >= 0.3 is 0 Å². The summed E-state index contributed by atoms with van der Waals surface area (Å²) in [6.07, 6.45) is 19.8. The van der Waals surface area contributed by atoms with Crippen molar-refractivity contribution in [2.45, 2.75) is 123 Å². The first kappa shape index (κ1) is 26.0. The van der Waals surface area contributed by atoms with E-state index in [1.165, 1.54) is 83.5 Å². The molecule has 0 aliphatic heterocycles. The molecule has 0 saturated carbocycles. The molecule has 0 bridgehead atoms. The fourth-order valence-electron chi connectivity index (χ4n) is 4.37. The van der Waals surface area contributed by atoms with Gasteiger partial charge in [0.25, 0.3) is 0 Å². The molecule has 0 saturated heterocycles. The summed E-state index contributed by atoms with van der Waals surface area (Å²) in [6.45, 7) is 7.47. The van der Waals surface area contributed by atoms with Crippen molar-refractivity contribution in [3.8, 4) is 5.75 Å². The highest BCUT2D eigenvalue weighted by Crippen LogP contribution is 2.27. The Bertz CT molecular complexity index is 485. The lowest BCUT2D eigenvalue weighted by Gasteiger charge is -2.24. The molecule has 0 amide bonds. The van der Waals surface area contributed by atoms with Crippen LogP contribution in [-0.2, 0) is 11.2 Å². The highest BCUT2D eigenvalue weighted by atomic mass is 16.5. The number of hydrogen-bond acceptors (Lipinski definition) is 2. The second-order valence-corrected chi connectivity index (χ2v) is 8.75. The van der Waals surface area contributed by atoms with Crippen LogP contribution in [0.3, 0.4) is 0 Å². The van der Waals surface area contributed by atoms with E-state index in [9.17, 15) is 5.11 Å². The number of para-hydroxylation sites is 1. The van der Waals surface area contributed by atoms with Crippen molar-refractivity contribution in [3.05, 3.63) is 29.8 Å². The molecule has 0 radical (unpaired) electrons. The van der Waals surface area contributed by atoms with Gasteiger partial charge in [0.1, 0.15) is 5.75 Å². The van der Waals surface area contributed by atoms with Crippen molar-refractivity contribution in [3.63, 3.8) is 0 Å². The van der Waals surface area contributed by atoms with Crippen LogP contribution >= 0.6 is 0 Å². The molecule has 2 unspecified atom stereocenters. The standard InChI is InChI=1S/C27H48O2/c1-4-7-9-10-11-12-14-18-24(17-13-8-5-2)23-26(29-6-3)22-21-25-19-15-16-20-27(25)28/h15-16,19-20,24,26,28H,4-14,17-18,21-23H2,1-3H3. The second kappa shape index (κ2) is 17.8. The number of ether oxygens (including phenoxy) is 1. The monoisotopic (exact) mass is 404 g/mol. The van der Waals surface area contributed by atoms with E-state index in [-0.39, 0.29) is 0 Å². The SMILES string of the molecule is CCCCCCCCCC(CCCCC)CC(CCc1ccccc1O)OCC. The minimum Gasteiger partial charge on any atom is -0.508 e. The van der Waals surface area contributed by atoms with E-state index in [4.69, 9.17) is 4.74 Å². The number of aryl methyl sites for hydroxylation is 1. The molecule has 2 atom stereocenters. The molecule has 1 rings (SSSR count). The molecule has 29 heavy (non-hydrogen) atoms. The lowest BCUT2D eigenvalue weighted by molar-refractivity contribution is 0.0363. The average molecular weight is 405 g/mol. The van der Waals surface area contributed by atoms with Gasteiger partial charge in [0, 0.05) is 6.61 Å². The summed E-state index contributed by atoms with van der Waals surface area (Å²) in [5, 5.41) is 10.1. The molecule has 0 fully saturated rings. The van der Waals surface area contributed by atoms with E-state index in [1.54, 1.807) is 6.07 Å². The van der Waals surface area contributed by atoms with Crippen molar-refractivity contribution in [1.82, 2.24) is 0 Å². The van der Waals surface area contributed by atoms with Gasteiger partial charge < -0.3 is 9.84 Å². The minimum atomic E-state index is 0.316. The van der Waals surface area contributed by atoms with Crippen molar-refractivity contribution < 1.29 is 9.84 Å². The zero-order valence-electron chi connectivity index (χ0n) is 19.6. The average Bonchev–Trinajstić information content (AvgIpc) is 2.72. The minimum absolute atomic E-state index is 0.316. The molecule has 0 aliphatic rings. The Morgan fingerprint density at radius 3 is 2.00 bits per heavy atom. The summed E-state index contributed by atoms with van der Waals surface area (Å²) in [7, 11) is 0. The summed E-state index contributed by atoms with van der Waals surface area (Å²) >= 11 is 0. The first-order valence-electron chi connectivity index (χ1n) is 12.6. The van der Waals surface area contributed by atoms with Crippen LogP contribution in [0.5, 0.6) is 5.75 Å². The molecule has 1 N–H and O–H groups in total. The van der Waals surface area contributed by atoms with Crippen LogP contribution in [0.15, 0.2) is 24.3 Å². The molecule has 1 aromatic carbocycles.